The maximum atomic E-state index is 13.3. The second-order valence-electron chi connectivity index (χ2n) is 7.84. The van der Waals surface area contributed by atoms with Crippen molar-refractivity contribution in [2.75, 3.05) is 13.7 Å². The molecule has 0 N–H and O–H groups in total. The summed E-state index contributed by atoms with van der Waals surface area (Å²) in [5, 5.41) is 0.763. The van der Waals surface area contributed by atoms with Gasteiger partial charge in [0.15, 0.2) is 5.16 Å². The number of ether oxygens (including phenoxy) is 2. The molecule has 7 nitrogen and oxygen atoms in total. The quantitative estimate of drug-likeness (QED) is 0.408. The molecule has 1 saturated heterocycles. The molecule has 0 bridgehead atoms. The van der Waals surface area contributed by atoms with E-state index >= 15 is 0 Å². The fourth-order valence-electron chi connectivity index (χ4n) is 4.07. The number of ketones is 1. The predicted molar refractivity (Wildman–Crippen MR) is 114 cm³/mol. The average Bonchev–Trinajstić information content (AvgIpc) is 3.19. The van der Waals surface area contributed by atoms with Gasteiger partial charge >= 0.3 is 5.97 Å². The molecule has 2 aliphatic rings. The molecule has 2 atom stereocenters. The average molecular weight is 431 g/mol. The van der Waals surface area contributed by atoms with Crippen LogP contribution >= 0.6 is 11.8 Å². The number of aromatic nitrogens is 2. The molecule has 0 spiro atoms. The van der Waals surface area contributed by atoms with E-state index in [1.165, 1.54) is 18.9 Å². The Bertz CT molecular complexity index is 1010. The summed E-state index contributed by atoms with van der Waals surface area (Å²) in [5.74, 6) is -0.255. The van der Waals surface area contributed by atoms with Crippen LogP contribution in [0, 0.1) is 0 Å². The lowest BCUT2D eigenvalue weighted by Gasteiger charge is -2.19. The van der Waals surface area contributed by atoms with Crippen LogP contribution in [0.4, 0.5) is 0 Å². The van der Waals surface area contributed by atoms with Gasteiger partial charge in [0.1, 0.15) is 5.78 Å². The van der Waals surface area contributed by atoms with E-state index in [-0.39, 0.29) is 22.7 Å². The van der Waals surface area contributed by atoms with Crippen LogP contribution < -0.4 is 5.56 Å². The fraction of sp³-hybridized carbons (Fsp3) is 0.545. The summed E-state index contributed by atoms with van der Waals surface area (Å²) in [6, 6.07) is 4.78. The summed E-state index contributed by atoms with van der Waals surface area (Å²) in [4.78, 5) is 42.6. The van der Waals surface area contributed by atoms with Gasteiger partial charge in [0.05, 0.1) is 41.5 Å². The number of Topliss-reactive ketones (excluding diaryl/α,β-unsaturated/α-hetero) is 1. The Balaban J connectivity index is 1.77. The van der Waals surface area contributed by atoms with Crippen molar-refractivity contribution in [3.63, 3.8) is 0 Å². The first-order chi connectivity index (χ1) is 14.6. The Hall–Kier alpha value is -2.19. The molecule has 1 aliphatic carbocycles. The summed E-state index contributed by atoms with van der Waals surface area (Å²) >= 11 is 1.38. The third kappa shape index (κ3) is 4.44. The predicted octanol–water partition coefficient (Wildman–Crippen LogP) is 3.36. The van der Waals surface area contributed by atoms with E-state index in [1.807, 2.05) is 0 Å². The number of hydrogen-bond acceptors (Lipinski definition) is 7. The molecule has 1 saturated carbocycles. The van der Waals surface area contributed by atoms with E-state index in [9.17, 15) is 14.4 Å². The van der Waals surface area contributed by atoms with E-state index in [1.54, 1.807) is 22.8 Å². The minimum absolute atomic E-state index is 0.0273. The molecule has 1 aromatic carbocycles. The molecular formula is C22H26N2O5S. The number of thioether (sulfide) groups is 1. The number of hydrogen-bond donors (Lipinski definition) is 0. The lowest BCUT2D eigenvalue weighted by atomic mass is 10.1. The number of rotatable bonds is 5. The van der Waals surface area contributed by atoms with Crippen LogP contribution in [-0.4, -0.2) is 46.4 Å². The van der Waals surface area contributed by atoms with Gasteiger partial charge < -0.3 is 9.47 Å². The summed E-state index contributed by atoms with van der Waals surface area (Å²) < 4.78 is 12.2. The minimum Gasteiger partial charge on any atom is -0.465 e. The number of fused-ring (bicyclic) bond motifs is 1. The van der Waals surface area contributed by atoms with Gasteiger partial charge in [-0.1, -0.05) is 24.6 Å². The zero-order valence-corrected chi connectivity index (χ0v) is 17.9. The van der Waals surface area contributed by atoms with Crippen molar-refractivity contribution < 1.29 is 19.1 Å². The van der Waals surface area contributed by atoms with E-state index in [0.717, 1.165) is 38.5 Å². The summed E-state index contributed by atoms with van der Waals surface area (Å²) in [7, 11) is 1.32. The first kappa shape index (κ1) is 21.1. The zero-order valence-electron chi connectivity index (χ0n) is 17.1. The van der Waals surface area contributed by atoms with Crippen LogP contribution in [0.25, 0.3) is 10.9 Å². The second-order valence-corrected chi connectivity index (χ2v) is 9.01. The number of nitrogens with zero attached hydrogens (tertiary/aromatic N) is 2. The largest absolute Gasteiger partial charge is 0.465 e. The van der Waals surface area contributed by atoms with Crippen LogP contribution in [0.3, 0.4) is 0 Å². The Morgan fingerprint density at radius 3 is 2.87 bits per heavy atom. The lowest BCUT2D eigenvalue weighted by molar-refractivity contribution is -0.118. The SMILES string of the molecule is COC(=O)c1ccc2c(=O)n(C[C@H]3CCCO3)c(S[C@H]3CCCCCC3=O)nc2c1. The molecule has 2 fully saturated rings. The van der Waals surface area contributed by atoms with Crippen molar-refractivity contribution in [3.05, 3.63) is 34.1 Å². The maximum absolute atomic E-state index is 13.3. The molecule has 8 heteroatoms. The number of carbonyl (C=O) groups excluding carboxylic acids is 2. The molecule has 2 aromatic rings. The molecule has 0 amide bonds. The molecule has 0 radical (unpaired) electrons. The molecule has 30 heavy (non-hydrogen) atoms. The molecule has 1 aromatic heterocycles. The van der Waals surface area contributed by atoms with Crippen molar-refractivity contribution in [2.24, 2.45) is 0 Å². The lowest BCUT2D eigenvalue weighted by Crippen LogP contribution is -2.30. The van der Waals surface area contributed by atoms with Crippen molar-refractivity contribution in [1.29, 1.82) is 0 Å². The fourth-order valence-corrected chi connectivity index (χ4v) is 5.29. The van der Waals surface area contributed by atoms with Gasteiger partial charge in [0.25, 0.3) is 5.56 Å². The van der Waals surface area contributed by atoms with Gasteiger partial charge in [-0.25, -0.2) is 9.78 Å². The molecule has 2 heterocycles. The molecule has 160 valence electrons. The highest BCUT2D eigenvalue weighted by atomic mass is 32.2. The van der Waals surface area contributed by atoms with Gasteiger partial charge in [0, 0.05) is 13.0 Å². The topological polar surface area (TPSA) is 87.5 Å². The van der Waals surface area contributed by atoms with Crippen LogP contribution in [0.15, 0.2) is 28.2 Å². The molecular weight excluding hydrogens is 404 g/mol. The Morgan fingerprint density at radius 2 is 2.10 bits per heavy atom. The summed E-state index contributed by atoms with van der Waals surface area (Å²) in [6.07, 6.45) is 6.20. The monoisotopic (exact) mass is 430 g/mol. The highest BCUT2D eigenvalue weighted by Gasteiger charge is 2.26. The molecule has 1 aliphatic heterocycles. The van der Waals surface area contributed by atoms with Crippen molar-refractivity contribution in [1.82, 2.24) is 9.55 Å². The van der Waals surface area contributed by atoms with Crippen LogP contribution in [0.5, 0.6) is 0 Å². The van der Waals surface area contributed by atoms with Gasteiger partial charge in [-0.2, -0.15) is 0 Å². The second kappa shape index (κ2) is 9.31. The van der Waals surface area contributed by atoms with Gasteiger partial charge in [-0.05, 0) is 43.9 Å². The first-order valence-corrected chi connectivity index (χ1v) is 11.4. The molecule has 4 rings (SSSR count). The standard InChI is InChI=1S/C22H26N2O5S/c1-28-21(27)14-9-10-16-17(12-14)23-22(30-19-8-4-2-3-7-18(19)25)24(20(16)26)13-15-6-5-11-29-15/h9-10,12,15,19H,2-8,11,13H2,1H3/t15-,19+/m1/s1. The Labute approximate surface area is 179 Å². The highest BCUT2D eigenvalue weighted by molar-refractivity contribution is 8.00. The number of esters is 1. The van der Waals surface area contributed by atoms with Gasteiger partial charge in [0.2, 0.25) is 0 Å². The number of methoxy groups -OCH3 is 1. The van der Waals surface area contributed by atoms with Crippen molar-refractivity contribution in [3.8, 4) is 0 Å². The number of benzene rings is 1. The Morgan fingerprint density at radius 1 is 1.23 bits per heavy atom. The third-order valence-corrected chi connectivity index (χ3v) is 7.05. The van der Waals surface area contributed by atoms with E-state index in [2.05, 4.69) is 0 Å². The smallest absolute Gasteiger partial charge is 0.337 e. The van der Waals surface area contributed by atoms with E-state index < -0.39 is 5.97 Å². The van der Waals surface area contributed by atoms with E-state index in [4.69, 9.17) is 14.5 Å². The van der Waals surface area contributed by atoms with Gasteiger partial charge in [-0.15, -0.1) is 0 Å². The van der Waals surface area contributed by atoms with Crippen LogP contribution in [-0.2, 0) is 20.8 Å². The highest BCUT2D eigenvalue weighted by Crippen LogP contribution is 2.31. The summed E-state index contributed by atoms with van der Waals surface area (Å²) in [6.45, 7) is 1.12. The van der Waals surface area contributed by atoms with E-state index in [0.29, 0.717) is 41.2 Å². The van der Waals surface area contributed by atoms with Gasteiger partial charge in [-0.3, -0.25) is 14.2 Å². The maximum Gasteiger partial charge on any atom is 0.337 e. The first-order valence-electron chi connectivity index (χ1n) is 10.5. The van der Waals surface area contributed by atoms with Crippen LogP contribution in [0.1, 0.15) is 55.3 Å². The summed E-state index contributed by atoms with van der Waals surface area (Å²) in [5.41, 5.74) is 0.612. The van der Waals surface area contributed by atoms with Crippen LogP contribution in [0.2, 0.25) is 0 Å². The zero-order chi connectivity index (χ0) is 21.1. The Kier molecular flexibility index (Phi) is 6.53. The molecule has 0 unspecified atom stereocenters. The normalized spacial score (nSPS) is 22.2. The third-order valence-electron chi connectivity index (χ3n) is 5.75. The number of carbonyl (C=O) groups is 2. The van der Waals surface area contributed by atoms with Crippen molar-refractivity contribution in [2.45, 2.75) is 68.0 Å². The minimum atomic E-state index is -0.476. The van der Waals surface area contributed by atoms with Crippen molar-refractivity contribution >= 4 is 34.4 Å².